The van der Waals surface area contributed by atoms with Crippen molar-refractivity contribution in [2.45, 2.75) is 0 Å². The van der Waals surface area contributed by atoms with Crippen molar-refractivity contribution < 1.29 is 5.11 Å². The van der Waals surface area contributed by atoms with Gasteiger partial charge >= 0.3 is 0 Å². The third-order valence-electron chi connectivity index (χ3n) is 1.88. The van der Waals surface area contributed by atoms with Crippen LogP contribution in [0.2, 0.25) is 0 Å². The summed E-state index contributed by atoms with van der Waals surface area (Å²) in [5.41, 5.74) is 6.03. The smallest absolute Gasteiger partial charge is 0.156 e. The van der Waals surface area contributed by atoms with Crippen LogP contribution in [0.15, 0.2) is 27.1 Å². The van der Waals surface area contributed by atoms with Crippen molar-refractivity contribution in [1.82, 2.24) is 4.98 Å². The predicted molar refractivity (Wildman–Crippen MR) is 63.2 cm³/mol. The molecule has 1 heterocycles. The monoisotopic (exact) mass is 316 g/mol. The van der Waals surface area contributed by atoms with E-state index in [-0.39, 0.29) is 5.75 Å². The van der Waals surface area contributed by atoms with Crippen LogP contribution in [-0.2, 0) is 0 Å². The zero-order valence-corrected chi connectivity index (χ0v) is 10.1. The minimum Gasteiger partial charge on any atom is -0.505 e. The summed E-state index contributed by atoms with van der Waals surface area (Å²) in [5.74, 6) is 0.494. The fraction of sp³-hybridized carbons (Fsp3) is 0. The molecular weight excluding hydrogens is 312 g/mol. The van der Waals surface area contributed by atoms with Gasteiger partial charge in [0.25, 0.3) is 0 Å². The maximum atomic E-state index is 9.72. The standard InChI is InChI=1S/C9H6Br2N2O/c10-5-3-6(11)9(14)8-4(5)1-2-7(12)13-8/h1-3,14H,(H2,12,13). The lowest BCUT2D eigenvalue weighted by atomic mass is 10.2. The van der Waals surface area contributed by atoms with Crippen molar-refractivity contribution in [3.8, 4) is 5.75 Å². The Morgan fingerprint density at radius 2 is 1.93 bits per heavy atom. The van der Waals surface area contributed by atoms with Crippen LogP contribution >= 0.6 is 31.9 Å². The van der Waals surface area contributed by atoms with Gasteiger partial charge in [-0.15, -0.1) is 0 Å². The SMILES string of the molecule is Nc1ccc2c(Br)cc(Br)c(O)c2n1. The molecule has 14 heavy (non-hydrogen) atoms. The molecule has 0 atom stereocenters. The topological polar surface area (TPSA) is 59.1 Å². The first kappa shape index (κ1) is 9.73. The minimum atomic E-state index is 0.107. The Kier molecular flexibility index (Phi) is 2.36. The molecule has 2 aromatic rings. The number of halogens is 2. The van der Waals surface area contributed by atoms with Crippen LogP contribution in [0.4, 0.5) is 5.82 Å². The number of nitrogens with zero attached hydrogens (tertiary/aromatic N) is 1. The van der Waals surface area contributed by atoms with Crippen LogP contribution in [0.1, 0.15) is 0 Å². The van der Waals surface area contributed by atoms with Crippen LogP contribution in [0, 0.1) is 0 Å². The summed E-state index contributed by atoms with van der Waals surface area (Å²) in [6.45, 7) is 0. The number of nitrogen functional groups attached to an aromatic ring is 1. The zero-order chi connectivity index (χ0) is 10.3. The Hall–Kier alpha value is -0.810. The number of hydrogen-bond acceptors (Lipinski definition) is 3. The molecule has 1 aromatic carbocycles. The second-order valence-corrected chi connectivity index (χ2v) is 4.53. The molecule has 2 rings (SSSR count). The highest BCUT2D eigenvalue weighted by atomic mass is 79.9. The summed E-state index contributed by atoms with van der Waals surface area (Å²) in [5, 5.41) is 10.6. The number of rotatable bonds is 0. The Labute approximate surface area is 97.2 Å². The number of pyridine rings is 1. The third kappa shape index (κ3) is 1.46. The van der Waals surface area contributed by atoms with E-state index < -0.39 is 0 Å². The van der Waals surface area contributed by atoms with E-state index in [2.05, 4.69) is 36.8 Å². The largest absolute Gasteiger partial charge is 0.505 e. The Balaban J connectivity index is 2.95. The molecule has 0 bridgehead atoms. The van der Waals surface area contributed by atoms with E-state index in [0.29, 0.717) is 15.8 Å². The van der Waals surface area contributed by atoms with Crippen LogP contribution in [0.25, 0.3) is 10.9 Å². The number of benzene rings is 1. The lowest BCUT2D eigenvalue weighted by molar-refractivity contribution is 0.477. The molecule has 3 nitrogen and oxygen atoms in total. The van der Waals surface area contributed by atoms with Gasteiger partial charge in [-0.3, -0.25) is 0 Å². The predicted octanol–water partition coefficient (Wildman–Crippen LogP) is 3.05. The van der Waals surface area contributed by atoms with Crippen LogP contribution < -0.4 is 5.73 Å². The van der Waals surface area contributed by atoms with Gasteiger partial charge in [0, 0.05) is 9.86 Å². The lowest BCUT2D eigenvalue weighted by Crippen LogP contribution is -1.90. The maximum absolute atomic E-state index is 9.72. The van der Waals surface area contributed by atoms with Gasteiger partial charge < -0.3 is 10.8 Å². The van der Waals surface area contributed by atoms with E-state index in [1.54, 1.807) is 12.1 Å². The maximum Gasteiger partial charge on any atom is 0.156 e. The molecule has 0 saturated carbocycles. The van der Waals surface area contributed by atoms with E-state index in [1.165, 1.54) is 0 Å². The second-order valence-electron chi connectivity index (χ2n) is 2.82. The fourth-order valence-corrected chi connectivity index (χ4v) is 2.49. The molecule has 5 heteroatoms. The van der Waals surface area contributed by atoms with Crippen molar-refractivity contribution in [3.63, 3.8) is 0 Å². The quantitative estimate of drug-likeness (QED) is 0.785. The van der Waals surface area contributed by atoms with Crippen molar-refractivity contribution in [1.29, 1.82) is 0 Å². The molecule has 1 aromatic heterocycles. The van der Waals surface area contributed by atoms with Crippen molar-refractivity contribution in [2.75, 3.05) is 5.73 Å². The number of aromatic nitrogens is 1. The van der Waals surface area contributed by atoms with E-state index in [1.807, 2.05) is 6.07 Å². The zero-order valence-electron chi connectivity index (χ0n) is 6.96. The molecule has 72 valence electrons. The molecular formula is C9H6Br2N2O. The lowest BCUT2D eigenvalue weighted by Gasteiger charge is -2.05. The first-order chi connectivity index (χ1) is 6.59. The second kappa shape index (κ2) is 3.40. The molecule has 0 aliphatic heterocycles. The summed E-state index contributed by atoms with van der Waals surface area (Å²) < 4.78 is 1.46. The van der Waals surface area contributed by atoms with Crippen molar-refractivity contribution in [2.24, 2.45) is 0 Å². The number of aromatic hydroxyl groups is 1. The highest BCUT2D eigenvalue weighted by Gasteiger charge is 2.09. The van der Waals surface area contributed by atoms with Crippen molar-refractivity contribution >= 4 is 48.6 Å². The molecule has 0 unspecified atom stereocenters. The molecule has 0 aliphatic rings. The Bertz CT molecular complexity index is 514. The van der Waals surface area contributed by atoms with E-state index in [4.69, 9.17) is 5.73 Å². The molecule has 0 spiro atoms. The highest BCUT2D eigenvalue weighted by molar-refractivity contribution is 9.11. The van der Waals surface area contributed by atoms with E-state index >= 15 is 0 Å². The fourth-order valence-electron chi connectivity index (χ4n) is 1.22. The normalized spacial score (nSPS) is 10.7. The van der Waals surface area contributed by atoms with Crippen LogP contribution in [0.5, 0.6) is 5.75 Å². The summed E-state index contributed by atoms with van der Waals surface area (Å²) in [6.07, 6.45) is 0. The van der Waals surface area contributed by atoms with Crippen molar-refractivity contribution in [3.05, 3.63) is 27.1 Å². The average Bonchev–Trinajstić information content (AvgIpc) is 2.14. The van der Waals surface area contributed by atoms with Gasteiger partial charge in [-0.25, -0.2) is 4.98 Å². The molecule has 0 radical (unpaired) electrons. The summed E-state index contributed by atoms with van der Waals surface area (Å²) >= 11 is 6.62. The number of nitrogens with two attached hydrogens (primary N) is 1. The number of fused-ring (bicyclic) bond motifs is 1. The van der Waals surface area contributed by atoms with Gasteiger partial charge in [-0.1, -0.05) is 15.9 Å². The number of hydrogen-bond donors (Lipinski definition) is 2. The minimum absolute atomic E-state index is 0.107. The van der Waals surface area contributed by atoms with Gasteiger partial charge in [0.05, 0.1) is 4.47 Å². The highest BCUT2D eigenvalue weighted by Crippen LogP contribution is 2.36. The third-order valence-corrected chi connectivity index (χ3v) is 3.14. The molecule has 0 aliphatic carbocycles. The first-order valence-electron chi connectivity index (χ1n) is 3.83. The van der Waals surface area contributed by atoms with Gasteiger partial charge in [-0.2, -0.15) is 0 Å². The van der Waals surface area contributed by atoms with Gasteiger partial charge in [-0.05, 0) is 34.1 Å². The molecule has 0 amide bonds. The first-order valence-corrected chi connectivity index (χ1v) is 5.41. The van der Waals surface area contributed by atoms with Gasteiger partial charge in [0.15, 0.2) is 5.75 Å². The number of phenols is 1. The molecule has 0 fully saturated rings. The van der Waals surface area contributed by atoms with E-state index in [0.717, 1.165) is 9.86 Å². The average molecular weight is 318 g/mol. The summed E-state index contributed by atoms with van der Waals surface area (Å²) in [4.78, 5) is 4.06. The van der Waals surface area contributed by atoms with Gasteiger partial charge in [0.2, 0.25) is 0 Å². The number of phenolic OH excluding ortho intramolecular Hbond substituents is 1. The summed E-state index contributed by atoms with van der Waals surface area (Å²) in [7, 11) is 0. The summed E-state index contributed by atoms with van der Waals surface area (Å²) in [6, 6.07) is 5.28. The molecule has 3 N–H and O–H groups in total. The Morgan fingerprint density at radius 1 is 1.21 bits per heavy atom. The van der Waals surface area contributed by atoms with Gasteiger partial charge in [0.1, 0.15) is 11.3 Å². The van der Waals surface area contributed by atoms with Crippen LogP contribution in [-0.4, -0.2) is 10.1 Å². The number of anilines is 1. The van der Waals surface area contributed by atoms with Crippen LogP contribution in [0.3, 0.4) is 0 Å². The van der Waals surface area contributed by atoms with E-state index in [9.17, 15) is 5.11 Å². The Morgan fingerprint density at radius 3 is 2.64 bits per heavy atom. The molecule has 0 saturated heterocycles.